The lowest BCUT2D eigenvalue weighted by Gasteiger charge is -2.21. The van der Waals surface area contributed by atoms with Crippen molar-refractivity contribution in [2.24, 2.45) is 0 Å². The highest BCUT2D eigenvalue weighted by atomic mass is 16.5. The number of carbonyl (C=O) groups excluding carboxylic acids is 1. The van der Waals surface area contributed by atoms with Crippen LogP contribution in [0.25, 0.3) is 0 Å². The van der Waals surface area contributed by atoms with Crippen LogP contribution in [0, 0.1) is 6.92 Å². The smallest absolute Gasteiger partial charge is 0.340 e. The topological polar surface area (TPSA) is 67.6 Å². The lowest BCUT2D eigenvalue weighted by molar-refractivity contribution is 0.0602. The predicted molar refractivity (Wildman–Crippen MR) is 83.2 cm³/mol. The van der Waals surface area contributed by atoms with Crippen LogP contribution in [0.4, 0.5) is 11.4 Å². The van der Waals surface area contributed by atoms with Crippen LogP contribution in [0.3, 0.4) is 0 Å². The van der Waals surface area contributed by atoms with Crippen molar-refractivity contribution in [3.05, 3.63) is 23.3 Å². The summed E-state index contributed by atoms with van der Waals surface area (Å²) in [6.45, 7) is 7.92. The van der Waals surface area contributed by atoms with Crippen LogP contribution >= 0.6 is 0 Å². The molecular formula is C15H25N3O2. The van der Waals surface area contributed by atoms with E-state index in [-0.39, 0.29) is 0 Å². The quantitative estimate of drug-likeness (QED) is 0.616. The first kappa shape index (κ1) is 16.3. The van der Waals surface area contributed by atoms with Gasteiger partial charge >= 0.3 is 5.97 Å². The van der Waals surface area contributed by atoms with Gasteiger partial charge in [-0.3, -0.25) is 0 Å². The predicted octanol–water partition coefficient (Wildman–Crippen LogP) is 2.12. The lowest BCUT2D eigenvalue weighted by Crippen LogP contribution is -2.31. The molecule has 0 aromatic heterocycles. The summed E-state index contributed by atoms with van der Waals surface area (Å²) < 4.78 is 4.75. The molecule has 112 valence electrons. The molecule has 1 aromatic carbocycles. The van der Waals surface area contributed by atoms with Gasteiger partial charge in [0.1, 0.15) is 0 Å². The molecule has 0 saturated heterocycles. The van der Waals surface area contributed by atoms with Crippen LogP contribution in [0.15, 0.2) is 12.1 Å². The number of benzene rings is 1. The Morgan fingerprint density at radius 1 is 1.45 bits per heavy atom. The van der Waals surface area contributed by atoms with E-state index in [4.69, 9.17) is 10.5 Å². The number of anilines is 2. The zero-order valence-corrected chi connectivity index (χ0v) is 13.0. The fourth-order valence-electron chi connectivity index (χ4n) is 1.81. The molecule has 0 bridgehead atoms. The minimum Gasteiger partial charge on any atom is -0.465 e. The minimum atomic E-state index is -0.409. The van der Waals surface area contributed by atoms with Crippen LogP contribution < -0.4 is 11.1 Å². The molecule has 0 spiro atoms. The number of nitrogen functional groups attached to an aromatic ring is 1. The van der Waals surface area contributed by atoms with Crippen molar-refractivity contribution in [1.29, 1.82) is 0 Å². The number of methoxy groups -OCH3 is 1. The van der Waals surface area contributed by atoms with Gasteiger partial charge in [0.15, 0.2) is 0 Å². The van der Waals surface area contributed by atoms with Gasteiger partial charge in [-0.1, -0.05) is 0 Å². The summed E-state index contributed by atoms with van der Waals surface area (Å²) in [5.74, 6) is -0.409. The molecule has 0 heterocycles. The Morgan fingerprint density at radius 2 is 2.10 bits per heavy atom. The van der Waals surface area contributed by atoms with Crippen molar-refractivity contribution in [2.75, 3.05) is 38.3 Å². The van der Waals surface area contributed by atoms with Crippen molar-refractivity contribution in [2.45, 2.75) is 26.8 Å². The number of rotatable bonds is 6. The zero-order valence-electron chi connectivity index (χ0n) is 13.0. The van der Waals surface area contributed by atoms with Crippen molar-refractivity contribution < 1.29 is 9.53 Å². The average molecular weight is 279 g/mol. The van der Waals surface area contributed by atoms with Gasteiger partial charge in [-0.25, -0.2) is 4.79 Å². The number of hydrogen-bond donors (Lipinski definition) is 2. The van der Waals surface area contributed by atoms with Crippen LogP contribution in [0.2, 0.25) is 0 Å². The Kier molecular flexibility index (Phi) is 5.82. The van der Waals surface area contributed by atoms with Gasteiger partial charge in [0.2, 0.25) is 0 Å². The van der Waals surface area contributed by atoms with Gasteiger partial charge < -0.3 is 20.7 Å². The fraction of sp³-hybridized carbons (Fsp3) is 0.533. The van der Waals surface area contributed by atoms with E-state index in [0.29, 0.717) is 17.3 Å². The average Bonchev–Trinajstić information content (AvgIpc) is 2.41. The Morgan fingerprint density at radius 3 is 2.65 bits per heavy atom. The Hall–Kier alpha value is -1.75. The molecule has 0 fully saturated rings. The normalized spacial score (nSPS) is 10.9. The summed E-state index contributed by atoms with van der Waals surface area (Å²) in [6, 6.07) is 4.19. The molecule has 0 aliphatic rings. The van der Waals surface area contributed by atoms with Gasteiger partial charge in [0.05, 0.1) is 12.7 Å². The number of hydrogen-bond acceptors (Lipinski definition) is 5. The van der Waals surface area contributed by atoms with E-state index in [9.17, 15) is 4.79 Å². The van der Waals surface area contributed by atoms with Crippen molar-refractivity contribution in [3.8, 4) is 0 Å². The Bertz CT molecular complexity index is 472. The summed E-state index contributed by atoms with van der Waals surface area (Å²) >= 11 is 0. The lowest BCUT2D eigenvalue weighted by atomic mass is 10.1. The Labute approximate surface area is 121 Å². The molecule has 0 aliphatic heterocycles. The highest BCUT2D eigenvalue weighted by Gasteiger charge is 2.13. The monoisotopic (exact) mass is 279 g/mol. The second-order valence-electron chi connectivity index (χ2n) is 5.25. The second kappa shape index (κ2) is 7.14. The molecule has 1 aromatic rings. The Balaban J connectivity index is 2.76. The van der Waals surface area contributed by atoms with E-state index in [1.54, 1.807) is 6.07 Å². The minimum absolute atomic E-state index is 0.409. The highest BCUT2D eigenvalue weighted by Crippen LogP contribution is 2.23. The number of ether oxygens (including phenoxy) is 1. The molecular weight excluding hydrogens is 254 g/mol. The maximum Gasteiger partial charge on any atom is 0.340 e. The van der Waals surface area contributed by atoms with Gasteiger partial charge in [0.25, 0.3) is 0 Å². The van der Waals surface area contributed by atoms with Crippen molar-refractivity contribution >= 4 is 17.3 Å². The fourth-order valence-corrected chi connectivity index (χ4v) is 1.81. The molecule has 0 aliphatic carbocycles. The largest absolute Gasteiger partial charge is 0.465 e. The van der Waals surface area contributed by atoms with Crippen LogP contribution in [0.1, 0.15) is 29.8 Å². The van der Waals surface area contributed by atoms with Crippen molar-refractivity contribution in [1.82, 2.24) is 4.90 Å². The molecule has 5 nitrogen and oxygen atoms in total. The summed E-state index contributed by atoms with van der Waals surface area (Å²) in [5.41, 5.74) is 8.54. The maximum absolute atomic E-state index is 11.7. The van der Waals surface area contributed by atoms with Gasteiger partial charge in [0, 0.05) is 30.5 Å². The third-order valence-corrected chi connectivity index (χ3v) is 3.47. The summed E-state index contributed by atoms with van der Waals surface area (Å²) in [4.78, 5) is 13.9. The number of nitrogens with zero attached hydrogens (tertiary/aromatic N) is 1. The van der Waals surface area contributed by atoms with Crippen LogP contribution in [0.5, 0.6) is 0 Å². The maximum atomic E-state index is 11.7. The van der Waals surface area contributed by atoms with E-state index in [1.807, 2.05) is 13.0 Å². The molecule has 1 rings (SSSR count). The highest BCUT2D eigenvalue weighted by molar-refractivity contribution is 5.97. The second-order valence-corrected chi connectivity index (χ2v) is 5.25. The number of carbonyl (C=O) groups is 1. The third kappa shape index (κ3) is 4.13. The SMILES string of the molecule is COC(=O)c1cc(NCCN(C)C(C)C)cc(C)c1N. The van der Waals surface area contributed by atoms with Crippen molar-refractivity contribution in [3.63, 3.8) is 0 Å². The van der Waals surface area contributed by atoms with Gasteiger partial charge in [-0.05, 0) is 45.5 Å². The molecule has 0 atom stereocenters. The summed E-state index contributed by atoms with van der Waals surface area (Å²) in [6.07, 6.45) is 0. The van der Waals surface area contributed by atoms with E-state index in [0.717, 1.165) is 24.3 Å². The molecule has 0 amide bonds. The van der Waals surface area contributed by atoms with Crippen LogP contribution in [-0.2, 0) is 4.74 Å². The molecule has 0 radical (unpaired) electrons. The van der Waals surface area contributed by atoms with Gasteiger partial charge in [-0.15, -0.1) is 0 Å². The van der Waals surface area contributed by atoms with E-state index >= 15 is 0 Å². The van der Waals surface area contributed by atoms with Crippen LogP contribution in [-0.4, -0.2) is 44.2 Å². The molecule has 20 heavy (non-hydrogen) atoms. The summed E-state index contributed by atoms with van der Waals surface area (Å²) in [5, 5.41) is 3.31. The molecule has 0 saturated carbocycles. The van der Waals surface area contributed by atoms with Gasteiger partial charge in [-0.2, -0.15) is 0 Å². The van der Waals surface area contributed by atoms with E-state index in [1.165, 1.54) is 7.11 Å². The first-order valence-electron chi connectivity index (χ1n) is 6.79. The first-order valence-corrected chi connectivity index (χ1v) is 6.79. The first-order chi connectivity index (χ1) is 9.36. The number of nitrogens with one attached hydrogen (secondary N) is 1. The molecule has 0 unspecified atom stereocenters. The number of nitrogens with two attached hydrogens (primary N) is 1. The zero-order chi connectivity index (χ0) is 15.3. The number of likely N-dealkylation sites (N-methyl/N-ethyl adjacent to an activating group) is 1. The summed E-state index contributed by atoms with van der Waals surface area (Å²) in [7, 11) is 3.44. The molecule has 3 N–H and O–H groups in total. The number of esters is 1. The third-order valence-electron chi connectivity index (χ3n) is 3.47. The number of aryl methyl sites for hydroxylation is 1. The standard InChI is InChI=1S/C15H25N3O2/c1-10(2)18(4)7-6-17-12-8-11(3)14(16)13(9-12)15(19)20-5/h8-10,17H,6-7,16H2,1-5H3. The van der Waals surface area contributed by atoms with E-state index < -0.39 is 5.97 Å². The van der Waals surface area contributed by atoms with E-state index in [2.05, 4.69) is 31.1 Å². The molecule has 5 heteroatoms.